The molecule has 0 spiro atoms. The minimum atomic E-state index is 0. The summed E-state index contributed by atoms with van der Waals surface area (Å²) in [5.41, 5.74) is 0. The van der Waals surface area contributed by atoms with Crippen molar-refractivity contribution in [1.29, 1.82) is 0 Å². The van der Waals surface area contributed by atoms with Crippen molar-refractivity contribution in [3.05, 3.63) is 0 Å². The quantitative estimate of drug-likeness (QED) is 0.475. The van der Waals surface area contributed by atoms with E-state index in [-0.39, 0.29) is 27.4 Å². The second-order valence-corrected chi connectivity index (χ2v) is 0. The Hall–Kier alpha value is 0.867. The predicted octanol–water partition coefficient (Wildman–Crippen LogP) is -0.916. The Kier molecular flexibility index (Phi) is 772. The first kappa shape index (κ1) is 39.9. The SMILES string of the molecule is [Ni+2].[OH-].[OH-].[OH][Ni]. The van der Waals surface area contributed by atoms with Gasteiger partial charge in [0, 0.05) is 0 Å². The Bertz CT molecular complexity index is 4.85. The molecule has 0 aromatic rings. The van der Waals surface area contributed by atoms with Gasteiger partial charge in [0.05, 0.1) is 0 Å². The van der Waals surface area contributed by atoms with Crippen LogP contribution < -0.4 is 0 Å². The van der Waals surface area contributed by atoms with E-state index >= 15 is 0 Å². The molecular weight excluding hydrogens is 165 g/mol. The molecule has 5 heteroatoms. The molecule has 41 valence electrons. The molecule has 0 aromatic carbocycles. The zero-order chi connectivity index (χ0) is 2.00. The van der Waals surface area contributed by atoms with Gasteiger partial charge in [0.1, 0.15) is 0 Å². The van der Waals surface area contributed by atoms with Crippen molar-refractivity contribution in [3.8, 4) is 0 Å². The van der Waals surface area contributed by atoms with Gasteiger partial charge in [-0.05, 0) is 0 Å². The molecule has 0 atom stereocenters. The number of hydrogen-bond donors (Lipinski definition) is 1. The minimum absolute atomic E-state index is 0. The molecule has 0 rings (SSSR count). The monoisotopic (exact) mass is 167 g/mol. The first-order valence-corrected chi connectivity index (χ1v) is 0.583. The van der Waals surface area contributed by atoms with Crippen LogP contribution >= 0.6 is 0 Å². The average Bonchev–Trinajstić information content (AvgIpc) is 1.00. The van der Waals surface area contributed by atoms with Gasteiger partial charge in [-0.3, -0.25) is 0 Å². The molecule has 0 fully saturated rings. The first-order chi connectivity index (χ1) is 1.00. The molecule has 0 bridgehead atoms. The van der Waals surface area contributed by atoms with Crippen LogP contribution in [-0.2, 0) is 32.3 Å². The molecule has 0 amide bonds. The first-order valence-electron chi connectivity index (χ1n) is 0.141. The van der Waals surface area contributed by atoms with E-state index < -0.39 is 0 Å². The van der Waals surface area contributed by atoms with E-state index in [4.69, 9.17) is 4.25 Å². The van der Waals surface area contributed by atoms with Crippen molar-refractivity contribution in [3.63, 3.8) is 0 Å². The van der Waals surface area contributed by atoms with Gasteiger partial charge in [0.2, 0.25) is 0 Å². The Morgan fingerprint density at radius 1 is 1.00 bits per heavy atom. The van der Waals surface area contributed by atoms with Crippen LogP contribution in [0, 0.1) is 0 Å². The second-order valence-electron chi connectivity index (χ2n) is 0. The summed E-state index contributed by atoms with van der Waals surface area (Å²) < 4.78 is 6.62. The Morgan fingerprint density at radius 3 is 1.00 bits per heavy atom. The topological polar surface area (TPSA) is 80.2 Å². The fourth-order valence-electron chi connectivity index (χ4n) is 0. The summed E-state index contributed by atoms with van der Waals surface area (Å²) in [5.74, 6) is 0. The molecule has 0 aromatic heterocycles. The van der Waals surface area contributed by atoms with E-state index in [2.05, 4.69) is 15.8 Å². The van der Waals surface area contributed by atoms with Crippen molar-refractivity contribution in [2.75, 3.05) is 0 Å². The summed E-state index contributed by atoms with van der Waals surface area (Å²) in [6.07, 6.45) is 0. The van der Waals surface area contributed by atoms with Crippen LogP contribution in [0.25, 0.3) is 0 Å². The van der Waals surface area contributed by atoms with Crippen molar-refractivity contribution in [2.24, 2.45) is 0 Å². The molecule has 0 aliphatic heterocycles. The fourth-order valence-corrected chi connectivity index (χ4v) is 0. The van der Waals surface area contributed by atoms with E-state index in [1.165, 1.54) is 0 Å². The second kappa shape index (κ2) is 96.8. The van der Waals surface area contributed by atoms with Crippen molar-refractivity contribution in [1.82, 2.24) is 0 Å². The average molecular weight is 168 g/mol. The molecule has 0 unspecified atom stereocenters. The molecular formula is H3Ni2O3. The summed E-state index contributed by atoms with van der Waals surface area (Å²) >= 11 is 2.88. The van der Waals surface area contributed by atoms with Gasteiger partial charge < -0.3 is 11.0 Å². The van der Waals surface area contributed by atoms with Crippen molar-refractivity contribution >= 4 is 0 Å². The molecule has 0 aliphatic carbocycles. The zero-order valence-electron chi connectivity index (χ0n) is 1.97. The number of hydrogen-bond acceptors (Lipinski definition) is 3. The van der Waals surface area contributed by atoms with Gasteiger partial charge in [-0.25, -0.2) is 0 Å². The predicted molar refractivity (Wildman–Crippen MR) is 6.09 cm³/mol. The van der Waals surface area contributed by atoms with Crippen LogP contribution in [0.1, 0.15) is 0 Å². The normalized spacial score (nSPS) is 1.40. The van der Waals surface area contributed by atoms with E-state index in [1.54, 1.807) is 0 Å². The summed E-state index contributed by atoms with van der Waals surface area (Å²) in [6, 6.07) is 0. The van der Waals surface area contributed by atoms with Gasteiger partial charge >= 0.3 is 36.5 Å². The molecule has 3 N–H and O–H groups in total. The third-order valence-corrected chi connectivity index (χ3v) is 0. The van der Waals surface area contributed by atoms with Crippen LogP contribution in [0.2, 0.25) is 0 Å². The van der Waals surface area contributed by atoms with Crippen molar-refractivity contribution in [2.45, 2.75) is 0 Å². The third kappa shape index (κ3) is 53.2. The van der Waals surface area contributed by atoms with Gasteiger partial charge in [-0.2, -0.15) is 0 Å². The summed E-state index contributed by atoms with van der Waals surface area (Å²) in [6.45, 7) is 0. The van der Waals surface area contributed by atoms with Gasteiger partial charge in [-0.15, -0.1) is 0 Å². The molecule has 5 heavy (non-hydrogen) atoms. The van der Waals surface area contributed by atoms with E-state index in [0.29, 0.717) is 0 Å². The molecule has 0 saturated carbocycles. The Morgan fingerprint density at radius 2 is 1.00 bits per heavy atom. The summed E-state index contributed by atoms with van der Waals surface area (Å²) in [4.78, 5) is 0. The molecule has 0 radical (unpaired) electrons. The van der Waals surface area contributed by atoms with E-state index in [1.807, 2.05) is 0 Å². The molecule has 0 aliphatic rings. The summed E-state index contributed by atoms with van der Waals surface area (Å²) in [7, 11) is 0. The zero-order valence-corrected chi connectivity index (χ0v) is 3.95. The van der Waals surface area contributed by atoms with Gasteiger partial charge in [-0.1, -0.05) is 0 Å². The molecule has 0 heterocycles. The van der Waals surface area contributed by atoms with Crippen LogP contribution in [0.15, 0.2) is 0 Å². The Balaban J connectivity index is -0.00000000167. The number of rotatable bonds is 0. The maximum atomic E-state index is 6.62. The van der Waals surface area contributed by atoms with Crippen LogP contribution in [0.5, 0.6) is 0 Å². The maximum absolute atomic E-state index is 6.62. The van der Waals surface area contributed by atoms with Crippen LogP contribution in [0.4, 0.5) is 0 Å². The van der Waals surface area contributed by atoms with Crippen molar-refractivity contribution < 1.29 is 47.5 Å². The fraction of sp³-hybridized carbons (Fsp3) is 0. The van der Waals surface area contributed by atoms with Gasteiger partial charge in [0.15, 0.2) is 0 Å². The van der Waals surface area contributed by atoms with Crippen LogP contribution in [-0.4, -0.2) is 15.2 Å². The van der Waals surface area contributed by atoms with Gasteiger partial charge in [0.25, 0.3) is 0 Å². The Labute approximate surface area is 48.0 Å². The standard InChI is InChI=1S/2Ni.3H2O/h;;3*1H2/q+1;+2;;;/p-3. The summed E-state index contributed by atoms with van der Waals surface area (Å²) in [5, 5.41) is 0. The van der Waals surface area contributed by atoms with E-state index in [9.17, 15) is 0 Å². The molecule has 3 nitrogen and oxygen atoms in total. The molecule has 0 saturated heterocycles. The van der Waals surface area contributed by atoms with E-state index in [0.717, 1.165) is 0 Å². The third-order valence-electron chi connectivity index (χ3n) is 0. The van der Waals surface area contributed by atoms with Crippen LogP contribution in [0.3, 0.4) is 0 Å².